The molecule has 0 aromatic carbocycles. The Morgan fingerprint density at radius 1 is 1.73 bits per heavy atom. The van der Waals surface area contributed by atoms with Crippen LogP contribution in [0.5, 0.6) is 0 Å². The lowest BCUT2D eigenvalue weighted by Gasteiger charge is -2.26. The van der Waals surface area contributed by atoms with Crippen LogP contribution in [0.25, 0.3) is 0 Å². The molecule has 1 aliphatic heterocycles. The van der Waals surface area contributed by atoms with Gasteiger partial charge in [-0.05, 0) is 35.4 Å². The summed E-state index contributed by atoms with van der Waals surface area (Å²) in [5.74, 6) is 2.45. The Balaban J connectivity index is 2.25. The summed E-state index contributed by atoms with van der Waals surface area (Å²) in [6.45, 7) is 1.25. The molecule has 0 aliphatic carbocycles. The van der Waals surface area contributed by atoms with Gasteiger partial charge in [0.05, 0.1) is 6.10 Å². The van der Waals surface area contributed by atoms with Crippen LogP contribution < -0.4 is 0 Å². The SMILES string of the molecule is C#CCO[C@@H]1CCCO[C@H]1I. The molecule has 0 aromatic heterocycles. The zero-order valence-electron chi connectivity index (χ0n) is 6.25. The van der Waals surface area contributed by atoms with E-state index in [1.165, 1.54) is 0 Å². The minimum Gasteiger partial charge on any atom is -0.365 e. The van der Waals surface area contributed by atoms with Crippen molar-refractivity contribution in [3.05, 3.63) is 0 Å². The minimum absolute atomic E-state index is 0.176. The third-order valence-corrected chi connectivity index (χ3v) is 2.74. The predicted molar refractivity (Wildman–Crippen MR) is 51.6 cm³/mol. The lowest BCUT2D eigenvalue weighted by molar-refractivity contribution is -0.0493. The molecule has 0 saturated carbocycles. The molecule has 1 fully saturated rings. The molecule has 0 N–H and O–H groups in total. The molecule has 2 atom stereocenters. The van der Waals surface area contributed by atoms with Crippen molar-refractivity contribution in [1.82, 2.24) is 0 Å². The van der Waals surface area contributed by atoms with Crippen molar-refractivity contribution in [1.29, 1.82) is 0 Å². The van der Waals surface area contributed by atoms with Gasteiger partial charge < -0.3 is 9.47 Å². The van der Waals surface area contributed by atoms with E-state index in [2.05, 4.69) is 28.5 Å². The van der Waals surface area contributed by atoms with E-state index in [1.807, 2.05) is 0 Å². The maximum Gasteiger partial charge on any atom is 0.134 e. The molecule has 1 heterocycles. The number of alkyl halides is 1. The largest absolute Gasteiger partial charge is 0.365 e. The van der Waals surface area contributed by atoms with Gasteiger partial charge in [0.2, 0.25) is 0 Å². The summed E-state index contributed by atoms with van der Waals surface area (Å²) in [7, 11) is 0. The summed E-state index contributed by atoms with van der Waals surface area (Å²) < 4.78 is 10.9. The molecule has 0 radical (unpaired) electrons. The van der Waals surface area contributed by atoms with Gasteiger partial charge in [0.1, 0.15) is 10.7 Å². The maximum atomic E-state index is 5.38. The lowest BCUT2D eigenvalue weighted by Crippen LogP contribution is -2.31. The third-order valence-electron chi connectivity index (χ3n) is 1.58. The first-order valence-corrected chi connectivity index (χ1v) is 4.90. The fourth-order valence-corrected chi connectivity index (χ4v) is 1.85. The van der Waals surface area contributed by atoms with Crippen molar-refractivity contribution in [2.45, 2.75) is 23.1 Å². The zero-order chi connectivity index (χ0) is 8.10. The third kappa shape index (κ3) is 2.97. The molecule has 62 valence electrons. The predicted octanol–water partition coefficient (Wildman–Crippen LogP) is 1.58. The summed E-state index contributed by atoms with van der Waals surface area (Å²) in [6.07, 6.45) is 7.41. The average molecular weight is 266 g/mol. The zero-order valence-corrected chi connectivity index (χ0v) is 8.41. The van der Waals surface area contributed by atoms with Crippen LogP contribution in [0, 0.1) is 12.3 Å². The Hall–Kier alpha value is 0.210. The Morgan fingerprint density at radius 2 is 2.55 bits per heavy atom. The van der Waals surface area contributed by atoms with Crippen molar-refractivity contribution >= 4 is 22.6 Å². The second kappa shape index (κ2) is 4.96. The van der Waals surface area contributed by atoms with Crippen LogP contribution in [0.3, 0.4) is 0 Å². The Bertz CT molecular complexity index is 153. The molecule has 0 spiro atoms. The summed E-state index contributed by atoms with van der Waals surface area (Å²) >= 11 is 2.24. The Labute approximate surface area is 80.8 Å². The highest BCUT2D eigenvalue weighted by Crippen LogP contribution is 2.21. The quantitative estimate of drug-likeness (QED) is 0.429. The fourth-order valence-electron chi connectivity index (χ4n) is 1.03. The van der Waals surface area contributed by atoms with E-state index in [4.69, 9.17) is 15.9 Å². The van der Waals surface area contributed by atoms with Crippen LogP contribution in [0.4, 0.5) is 0 Å². The molecule has 0 aromatic rings. The number of rotatable bonds is 2. The van der Waals surface area contributed by atoms with E-state index < -0.39 is 0 Å². The van der Waals surface area contributed by atoms with Gasteiger partial charge in [-0.2, -0.15) is 0 Å². The first-order chi connectivity index (χ1) is 5.34. The van der Waals surface area contributed by atoms with Gasteiger partial charge in [-0.3, -0.25) is 0 Å². The van der Waals surface area contributed by atoms with E-state index in [9.17, 15) is 0 Å². The number of halogens is 1. The molecule has 1 saturated heterocycles. The van der Waals surface area contributed by atoms with Gasteiger partial charge in [0.25, 0.3) is 0 Å². The summed E-state index contributed by atoms with van der Waals surface area (Å²) in [5, 5.41) is 0. The summed E-state index contributed by atoms with van der Waals surface area (Å²) in [5.41, 5.74) is 0. The number of hydrogen-bond acceptors (Lipinski definition) is 2. The molecular weight excluding hydrogens is 255 g/mol. The van der Waals surface area contributed by atoms with E-state index in [1.54, 1.807) is 0 Å². The number of ether oxygens (including phenoxy) is 2. The van der Waals surface area contributed by atoms with Crippen molar-refractivity contribution < 1.29 is 9.47 Å². The van der Waals surface area contributed by atoms with Crippen LogP contribution in [0.1, 0.15) is 12.8 Å². The molecule has 0 unspecified atom stereocenters. The van der Waals surface area contributed by atoms with Crippen molar-refractivity contribution in [2.75, 3.05) is 13.2 Å². The van der Waals surface area contributed by atoms with Gasteiger partial charge in [-0.25, -0.2) is 0 Å². The van der Waals surface area contributed by atoms with Gasteiger partial charge in [0.15, 0.2) is 0 Å². The molecule has 2 nitrogen and oxygen atoms in total. The Kier molecular flexibility index (Phi) is 4.20. The van der Waals surface area contributed by atoms with E-state index >= 15 is 0 Å². The molecule has 0 amide bonds. The average Bonchev–Trinajstić information content (AvgIpc) is 2.03. The minimum atomic E-state index is 0.176. The highest BCUT2D eigenvalue weighted by molar-refractivity contribution is 14.1. The van der Waals surface area contributed by atoms with Crippen molar-refractivity contribution in [3.8, 4) is 12.3 Å². The number of hydrogen-bond donors (Lipinski definition) is 0. The molecule has 1 aliphatic rings. The first-order valence-electron chi connectivity index (χ1n) is 3.65. The summed E-state index contributed by atoms with van der Waals surface area (Å²) in [4.78, 5) is 0. The van der Waals surface area contributed by atoms with Crippen LogP contribution in [0.15, 0.2) is 0 Å². The van der Waals surface area contributed by atoms with Crippen LogP contribution >= 0.6 is 22.6 Å². The smallest absolute Gasteiger partial charge is 0.134 e. The van der Waals surface area contributed by atoms with E-state index in [-0.39, 0.29) is 10.2 Å². The highest BCUT2D eigenvalue weighted by atomic mass is 127. The summed E-state index contributed by atoms with van der Waals surface area (Å²) in [6, 6.07) is 0. The molecule has 1 rings (SSSR count). The van der Waals surface area contributed by atoms with Crippen LogP contribution in [-0.2, 0) is 9.47 Å². The monoisotopic (exact) mass is 266 g/mol. The molecule has 3 heteroatoms. The van der Waals surface area contributed by atoms with Crippen LogP contribution in [0.2, 0.25) is 0 Å². The van der Waals surface area contributed by atoms with E-state index in [0.29, 0.717) is 6.61 Å². The topological polar surface area (TPSA) is 18.5 Å². The molecule has 11 heavy (non-hydrogen) atoms. The maximum absolute atomic E-state index is 5.38. The van der Waals surface area contributed by atoms with E-state index in [0.717, 1.165) is 19.4 Å². The fraction of sp³-hybridized carbons (Fsp3) is 0.750. The molecule has 0 bridgehead atoms. The van der Waals surface area contributed by atoms with Gasteiger partial charge in [0, 0.05) is 6.61 Å². The first kappa shape index (κ1) is 9.30. The van der Waals surface area contributed by atoms with Crippen molar-refractivity contribution in [3.63, 3.8) is 0 Å². The normalized spacial score (nSPS) is 31.3. The van der Waals surface area contributed by atoms with Crippen LogP contribution in [-0.4, -0.2) is 23.4 Å². The number of terminal acetylenes is 1. The lowest BCUT2D eigenvalue weighted by atomic mass is 10.2. The second-order valence-electron chi connectivity index (χ2n) is 2.42. The van der Waals surface area contributed by atoms with Crippen molar-refractivity contribution in [2.24, 2.45) is 0 Å². The van der Waals surface area contributed by atoms with Gasteiger partial charge in [-0.1, -0.05) is 5.92 Å². The Morgan fingerprint density at radius 3 is 3.18 bits per heavy atom. The molecular formula is C8H11IO2. The second-order valence-corrected chi connectivity index (χ2v) is 3.65. The highest BCUT2D eigenvalue weighted by Gasteiger charge is 2.23. The van der Waals surface area contributed by atoms with Gasteiger partial charge >= 0.3 is 0 Å². The standard InChI is InChI=1S/C8H11IO2/c1-2-5-10-7-4-3-6-11-8(7)9/h1,7-8H,3-6H2/t7-,8-/m1/s1. The van der Waals surface area contributed by atoms with Gasteiger partial charge in [-0.15, -0.1) is 6.42 Å².